The molecular formula is C15H19NO3S2. The molecule has 1 heterocycles. The maximum absolute atomic E-state index is 11.9. The highest BCUT2D eigenvalue weighted by Gasteiger charge is 2.14. The van der Waals surface area contributed by atoms with Crippen molar-refractivity contribution in [1.82, 2.24) is 4.98 Å². The van der Waals surface area contributed by atoms with E-state index in [0.29, 0.717) is 5.69 Å². The Kier molecular flexibility index (Phi) is 5.50. The zero-order valence-electron chi connectivity index (χ0n) is 12.2. The molecule has 0 fully saturated rings. The number of thiazole rings is 1. The Balaban J connectivity index is 2.10. The van der Waals surface area contributed by atoms with Crippen LogP contribution in [0.5, 0.6) is 0 Å². The second-order valence-electron chi connectivity index (χ2n) is 4.78. The Bertz CT molecular complexity index is 675. The van der Waals surface area contributed by atoms with Crippen LogP contribution in [0.4, 0.5) is 0 Å². The first kappa shape index (κ1) is 16.1. The van der Waals surface area contributed by atoms with Crippen LogP contribution in [0.15, 0.2) is 29.6 Å². The summed E-state index contributed by atoms with van der Waals surface area (Å²) in [6.45, 7) is 2.33. The van der Waals surface area contributed by atoms with Gasteiger partial charge in [-0.2, -0.15) is 0 Å². The molecular weight excluding hydrogens is 306 g/mol. The number of hydrogen-bond acceptors (Lipinski definition) is 5. The summed E-state index contributed by atoms with van der Waals surface area (Å²) in [5.41, 5.74) is 2.90. The molecule has 0 saturated heterocycles. The molecule has 114 valence electrons. The second kappa shape index (κ2) is 7.15. The molecule has 0 radical (unpaired) electrons. The summed E-state index contributed by atoms with van der Waals surface area (Å²) in [6, 6.07) is 8.21. The van der Waals surface area contributed by atoms with Gasteiger partial charge in [-0.1, -0.05) is 31.2 Å². The lowest BCUT2D eigenvalue weighted by Crippen LogP contribution is -2.13. The Labute approximate surface area is 129 Å². The Hall–Kier alpha value is -1.24. The van der Waals surface area contributed by atoms with E-state index in [-0.39, 0.29) is 18.1 Å². The summed E-state index contributed by atoms with van der Waals surface area (Å²) < 4.78 is 28.6. The normalized spacial score (nSPS) is 11.7. The highest BCUT2D eigenvalue weighted by Crippen LogP contribution is 2.25. The largest absolute Gasteiger partial charge is 0.384 e. The van der Waals surface area contributed by atoms with Crippen molar-refractivity contribution < 1.29 is 13.2 Å². The molecule has 0 spiro atoms. The van der Waals surface area contributed by atoms with Crippen molar-refractivity contribution in [1.29, 1.82) is 0 Å². The molecule has 0 aliphatic carbocycles. The van der Waals surface area contributed by atoms with E-state index in [9.17, 15) is 8.42 Å². The van der Waals surface area contributed by atoms with E-state index in [1.165, 1.54) is 24.0 Å². The zero-order chi connectivity index (χ0) is 15.3. The first-order valence-corrected chi connectivity index (χ1v) is 9.47. The fourth-order valence-electron chi connectivity index (χ4n) is 1.90. The summed E-state index contributed by atoms with van der Waals surface area (Å²) >= 11 is 1.47. The molecule has 4 nitrogen and oxygen atoms in total. The second-order valence-corrected chi connectivity index (χ2v) is 7.82. The summed E-state index contributed by atoms with van der Waals surface area (Å²) in [7, 11) is -1.66. The molecule has 0 N–H and O–H groups in total. The fourth-order valence-corrected chi connectivity index (χ4v) is 3.99. The van der Waals surface area contributed by atoms with Crippen molar-refractivity contribution in [3.05, 3.63) is 40.9 Å². The smallest absolute Gasteiger partial charge is 0.158 e. The molecule has 1 aromatic heterocycles. The van der Waals surface area contributed by atoms with Crippen LogP contribution in [0.2, 0.25) is 0 Å². The van der Waals surface area contributed by atoms with Gasteiger partial charge >= 0.3 is 0 Å². The Morgan fingerprint density at radius 3 is 2.57 bits per heavy atom. The molecule has 0 aliphatic rings. The molecule has 21 heavy (non-hydrogen) atoms. The van der Waals surface area contributed by atoms with E-state index >= 15 is 0 Å². The van der Waals surface area contributed by atoms with E-state index in [2.05, 4.69) is 24.0 Å². The van der Waals surface area contributed by atoms with Crippen LogP contribution in [-0.4, -0.2) is 32.9 Å². The molecule has 1 aromatic carbocycles. The van der Waals surface area contributed by atoms with E-state index in [4.69, 9.17) is 4.74 Å². The third-order valence-electron chi connectivity index (χ3n) is 3.13. The molecule has 6 heteroatoms. The number of aryl methyl sites for hydroxylation is 1. The summed E-state index contributed by atoms with van der Waals surface area (Å²) in [5, 5.41) is 2.67. The van der Waals surface area contributed by atoms with Gasteiger partial charge in [0.25, 0.3) is 0 Å². The van der Waals surface area contributed by atoms with Crippen molar-refractivity contribution in [2.75, 3.05) is 19.5 Å². The number of sulfone groups is 1. The fraction of sp³-hybridized carbons (Fsp3) is 0.400. The molecule has 0 bridgehead atoms. The Morgan fingerprint density at radius 1 is 1.24 bits per heavy atom. The van der Waals surface area contributed by atoms with Crippen LogP contribution in [0.25, 0.3) is 10.6 Å². The van der Waals surface area contributed by atoms with Gasteiger partial charge in [0.2, 0.25) is 0 Å². The molecule has 0 aliphatic heterocycles. The van der Waals surface area contributed by atoms with Crippen molar-refractivity contribution in [3.8, 4) is 10.6 Å². The third kappa shape index (κ3) is 4.62. The minimum Gasteiger partial charge on any atom is -0.384 e. The first-order valence-electron chi connectivity index (χ1n) is 6.77. The highest BCUT2D eigenvalue weighted by atomic mass is 32.2. The third-order valence-corrected chi connectivity index (χ3v) is 5.59. The zero-order valence-corrected chi connectivity index (χ0v) is 13.8. The number of nitrogens with zero attached hydrogens (tertiary/aromatic N) is 1. The van der Waals surface area contributed by atoms with Crippen molar-refractivity contribution >= 4 is 21.2 Å². The van der Waals surface area contributed by atoms with E-state index in [1.807, 2.05) is 17.5 Å². The quantitative estimate of drug-likeness (QED) is 0.785. The number of benzene rings is 1. The number of methoxy groups -OCH3 is 1. The average molecular weight is 325 g/mol. The van der Waals surface area contributed by atoms with Crippen molar-refractivity contribution in [3.63, 3.8) is 0 Å². The van der Waals surface area contributed by atoms with E-state index < -0.39 is 9.84 Å². The topological polar surface area (TPSA) is 56.3 Å². The van der Waals surface area contributed by atoms with Gasteiger partial charge in [0, 0.05) is 18.1 Å². The van der Waals surface area contributed by atoms with Gasteiger partial charge in [-0.15, -0.1) is 11.3 Å². The van der Waals surface area contributed by atoms with Crippen LogP contribution in [0, 0.1) is 0 Å². The summed E-state index contributed by atoms with van der Waals surface area (Å²) in [6.07, 6.45) is 1.00. The minimum atomic E-state index is -3.16. The van der Waals surface area contributed by atoms with Crippen molar-refractivity contribution in [2.24, 2.45) is 0 Å². The van der Waals surface area contributed by atoms with E-state index in [0.717, 1.165) is 17.0 Å². The standard InChI is InChI=1S/C15H19NO3S2/c1-3-12-4-6-13(7-5-12)15-16-14(10-20-15)11-21(17,18)9-8-19-2/h4-7,10H,3,8-9,11H2,1-2H3. The average Bonchev–Trinajstić information content (AvgIpc) is 2.93. The minimum absolute atomic E-state index is 0.0279. The Morgan fingerprint density at radius 2 is 1.95 bits per heavy atom. The monoisotopic (exact) mass is 325 g/mol. The number of rotatable bonds is 7. The van der Waals surface area contributed by atoms with Crippen LogP contribution < -0.4 is 0 Å². The van der Waals surface area contributed by atoms with Crippen LogP contribution >= 0.6 is 11.3 Å². The predicted molar refractivity (Wildman–Crippen MR) is 86.3 cm³/mol. The van der Waals surface area contributed by atoms with Crippen LogP contribution in [0.3, 0.4) is 0 Å². The maximum atomic E-state index is 11.9. The van der Waals surface area contributed by atoms with Gasteiger partial charge in [0.15, 0.2) is 9.84 Å². The summed E-state index contributed by atoms with van der Waals surface area (Å²) in [4.78, 5) is 4.43. The van der Waals surface area contributed by atoms with Gasteiger partial charge in [0.05, 0.1) is 23.8 Å². The van der Waals surface area contributed by atoms with E-state index in [1.54, 1.807) is 0 Å². The van der Waals surface area contributed by atoms with Gasteiger partial charge in [-0.3, -0.25) is 0 Å². The molecule has 0 saturated carbocycles. The maximum Gasteiger partial charge on any atom is 0.158 e. The lowest BCUT2D eigenvalue weighted by Gasteiger charge is -2.01. The summed E-state index contributed by atoms with van der Waals surface area (Å²) in [5.74, 6) is 0.00145. The van der Waals surface area contributed by atoms with Crippen LogP contribution in [0.1, 0.15) is 18.2 Å². The number of hydrogen-bond donors (Lipinski definition) is 0. The molecule has 2 aromatic rings. The predicted octanol–water partition coefficient (Wildman–Crippen LogP) is 2.93. The number of aromatic nitrogens is 1. The SMILES string of the molecule is CCc1ccc(-c2nc(CS(=O)(=O)CCOC)cs2)cc1. The molecule has 0 atom stereocenters. The molecule has 0 amide bonds. The lowest BCUT2D eigenvalue weighted by molar-refractivity contribution is 0.217. The molecule has 2 rings (SSSR count). The van der Waals surface area contributed by atoms with Gasteiger partial charge < -0.3 is 4.74 Å². The van der Waals surface area contributed by atoms with Crippen LogP contribution in [-0.2, 0) is 26.7 Å². The van der Waals surface area contributed by atoms with Gasteiger partial charge in [0.1, 0.15) is 5.01 Å². The van der Waals surface area contributed by atoms with Gasteiger partial charge in [-0.05, 0) is 12.0 Å². The lowest BCUT2D eigenvalue weighted by atomic mass is 10.1. The highest BCUT2D eigenvalue weighted by molar-refractivity contribution is 7.90. The first-order chi connectivity index (χ1) is 10.0. The number of ether oxygens (including phenoxy) is 1. The van der Waals surface area contributed by atoms with Crippen molar-refractivity contribution in [2.45, 2.75) is 19.1 Å². The molecule has 0 unspecified atom stereocenters. The van der Waals surface area contributed by atoms with Gasteiger partial charge in [-0.25, -0.2) is 13.4 Å².